The number of amides is 3. The van der Waals surface area contributed by atoms with Crippen molar-refractivity contribution in [3.05, 3.63) is 70.9 Å². The summed E-state index contributed by atoms with van der Waals surface area (Å²) >= 11 is 3.25. The van der Waals surface area contributed by atoms with Crippen molar-refractivity contribution in [3.63, 3.8) is 0 Å². The maximum atomic E-state index is 13.4. The van der Waals surface area contributed by atoms with Crippen LogP contribution in [-0.2, 0) is 9.53 Å². The number of nitrogens with one attached hydrogen (secondary N) is 2. The fourth-order valence-corrected chi connectivity index (χ4v) is 9.27. The number of nitrogens with two attached hydrogens (primary N) is 1. The summed E-state index contributed by atoms with van der Waals surface area (Å²) in [5, 5.41) is 16.4. The number of aliphatic imine (C=N–C) groups is 1. The third-order valence-electron chi connectivity index (χ3n) is 10.3. The van der Waals surface area contributed by atoms with Gasteiger partial charge in [0.1, 0.15) is 16.1 Å². The Morgan fingerprint density at radius 3 is 1.78 bits per heavy atom. The minimum Gasteiger partial charge on any atom is -0.465 e. The van der Waals surface area contributed by atoms with Gasteiger partial charge in [-0.1, -0.05) is 76.2 Å². The zero-order valence-corrected chi connectivity index (χ0v) is 33.5. The standard InChI is InChI=1S/C40H50N8O5S2/c1-23(2)29(45-40(52)53-5)20-44-38(41)48-19-7-9-31(48)36-43-22-33(55-36)28-16-12-26(13-17-28)25-10-14-27(15-11-25)32-21-42-35(54-32)30-8-6-18-47(30)37(49)34(24(3)4)46-39(50)51/h10-17,21-24,29-31,34,46H,6-9,18-20H2,1-5H3,(H2,41,44)(H,45,52)(H,50,51). The number of carbonyl (C=O) groups excluding carboxylic acids is 2. The zero-order valence-electron chi connectivity index (χ0n) is 31.9. The van der Waals surface area contributed by atoms with Crippen LogP contribution in [0.3, 0.4) is 0 Å². The molecule has 5 N–H and O–H groups in total. The van der Waals surface area contributed by atoms with Gasteiger partial charge in [0.25, 0.3) is 0 Å². The first-order chi connectivity index (χ1) is 26.4. The van der Waals surface area contributed by atoms with Crippen molar-refractivity contribution in [1.29, 1.82) is 0 Å². The summed E-state index contributed by atoms with van der Waals surface area (Å²) in [5.74, 6) is 0.266. The quantitative estimate of drug-likeness (QED) is 0.0843. The van der Waals surface area contributed by atoms with Crippen LogP contribution in [0, 0.1) is 11.8 Å². The van der Waals surface area contributed by atoms with E-state index in [9.17, 15) is 19.5 Å². The van der Waals surface area contributed by atoms with Gasteiger partial charge >= 0.3 is 12.2 Å². The number of benzene rings is 2. The van der Waals surface area contributed by atoms with E-state index < -0.39 is 18.2 Å². The summed E-state index contributed by atoms with van der Waals surface area (Å²) in [6.45, 7) is 9.50. The van der Waals surface area contributed by atoms with Crippen LogP contribution in [0.5, 0.6) is 0 Å². The van der Waals surface area contributed by atoms with E-state index in [0.29, 0.717) is 19.0 Å². The molecule has 2 aromatic carbocycles. The summed E-state index contributed by atoms with van der Waals surface area (Å²) in [5.41, 5.74) is 10.8. The molecule has 4 heterocycles. The van der Waals surface area contributed by atoms with Crippen LogP contribution in [0.4, 0.5) is 9.59 Å². The Bertz CT molecular complexity index is 1980. The molecule has 55 heavy (non-hydrogen) atoms. The van der Waals surface area contributed by atoms with Crippen molar-refractivity contribution in [2.45, 2.75) is 77.5 Å². The Hall–Kier alpha value is -5.02. The van der Waals surface area contributed by atoms with Gasteiger partial charge in [0, 0.05) is 25.5 Å². The largest absolute Gasteiger partial charge is 0.465 e. The monoisotopic (exact) mass is 786 g/mol. The van der Waals surface area contributed by atoms with Crippen LogP contribution in [-0.4, -0.2) is 87.8 Å². The molecule has 13 nitrogen and oxygen atoms in total. The van der Waals surface area contributed by atoms with Gasteiger partial charge in [0.2, 0.25) is 5.91 Å². The number of methoxy groups -OCH3 is 1. The van der Waals surface area contributed by atoms with Gasteiger partial charge in [-0.15, -0.1) is 22.7 Å². The second-order valence-electron chi connectivity index (χ2n) is 14.7. The van der Waals surface area contributed by atoms with Crippen molar-refractivity contribution in [2.75, 3.05) is 26.7 Å². The Balaban J connectivity index is 1.09. The van der Waals surface area contributed by atoms with E-state index >= 15 is 0 Å². The van der Waals surface area contributed by atoms with E-state index in [-0.39, 0.29) is 35.9 Å². The van der Waals surface area contributed by atoms with Crippen molar-refractivity contribution >= 4 is 46.7 Å². The molecule has 0 radical (unpaired) electrons. The summed E-state index contributed by atoms with van der Waals surface area (Å²) in [6, 6.07) is 15.8. The molecule has 4 unspecified atom stereocenters. The molecule has 2 saturated heterocycles. The topological polar surface area (TPSA) is 175 Å². The number of thiazole rings is 2. The summed E-state index contributed by atoms with van der Waals surface area (Å²) < 4.78 is 4.77. The molecule has 2 aliphatic heterocycles. The Labute approximate surface area is 330 Å². The normalized spacial score (nSPS) is 18.5. The predicted molar refractivity (Wildman–Crippen MR) is 217 cm³/mol. The fourth-order valence-electron chi connectivity index (χ4n) is 7.13. The second-order valence-corrected chi connectivity index (χ2v) is 16.8. The predicted octanol–water partition coefficient (Wildman–Crippen LogP) is 7.39. The maximum Gasteiger partial charge on any atom is 0.407 e. The lowest BCUT2D eigenvalue weighted by atomic mass is 10.0. The van der Waals surface area contributed by atoms with Crippen LogP contribution in [0.2, 0.25) is 0 Å². The number of aromatic nitrogens is 2. The van der Waals surface area contributed by atoms with E-state index in [1.165, 1.54) is 7.11 Å². The molecule has 3 amide bonds. The van der Waals surface area contributed by atoms with E-state index in [0.717, 1.165) is 74.3 Å². The lowest BCUT2D eigenvalue weighted by molar-refractivity contribution is -0.135. The number of rotatable bonds is 12. The number of hydrogen-bond donors (Lipinski definition) is 4. The molecule has 6 rings (SSSR count). The van der Waals surface area contributed by atoms with Gasteiger partial charge in [0.05, 0.1) is 41.5 Å². The highest BCUT2D eigenvalue weighted by Crippen LogP contribution is 2.40. The van der Waals surface area contributed by atoms with Crippen molar-refractivity contribution in [1.82, 2.24) is 30.4 Å². The van der Waals surface area contributed by atoms with E-state index in [1.54, 1.807) is 27.6 Å². The van der Waals surface area contributed by atoms with Crippen molar-refractivity contribution in [2.24, 2.45) is 22.6 Å². The number of carboxylic acid groups (broad SMARTS) is 1. The van der Waals surface area contributed by atoms with Crippen LogP contribution < -0.4 is 16.4 Å². The Kier molecular flexibility index (Phi) is 12.7. The number of guanidine groups is 1. The van der Waals surface area contributed by atoms with Crippen molar-refractivity contribution < 1.29 is 24.2 Å². The lowest BCUT2D eigenvalue weighted by Gasteiger charge is -2.29. The molecule has 292 valence electrons. The van der Waals surface area contributed by atoms with Crippen LogP contribution in [0.1, 0.15) is 75.5 Å². The van der Waals surface area contributed by atoms with E-state index in [2.05, 4.69) is 69.1 Å². The number of carbonyl (C=O) groups is 3. The highest BCUT2D eigenvalue weighted by Gasteiger charge is 2.37. The third kappa shape index (κ3) is 9.27. The van der Waals surface area contributed by atoms with Crippen molar-refractivity contribution in [3.8, 4) is 32.0 Å². The molecular weight excluding hydrogens is 737 g/mol. The highest BCUT2D eigenvalue weighted by atomic mass is 32.1. The number of hydrogen-bond acceptors (Lipinski definition) is 9. The van der Waals surface area contributed by atoms with Crippen LogP contribution in [0.15, 0.2) is 65.9 Å². The van der Waals surface area contributed by atoms with E-state index in [4.69, 9.17) is 20.4 Å². The molecular formula is C40H50N8O5S2. The molecule has 0 saturated carbocycles. The lowest BCUT2D eigenvalue weighted by Crippen LogP contribution is -2.50. The number of alkyl carbamates (subject to hydrolysis) is 1. The van der Waals surface area contributed by atoms with E-state index in [1.807, 2.05) is 40.1 Å². The summed E-state index contributed by atoms with van der Waals surface area (Å²) in [6.07, 6.45) is 5.71. The highest BCUT2D eigenvalue weighted by molar-refractivity contribution is 7.15. The molecule has 4 atom stereocenters. The van der Waals surface area contributed by atoms with Gasteiger partial charge in [-0.25, -0.2) is 19.6 Å². The number of nitrogens with zero attached hydrogens (tertiary/aromatic N) is 5. The number of likely N-dealkylation sites (tertiary alicyclic amines) is 2. The smallest absolute Gasteiger partial charge is 0.407 e. The molecule has 0 spiro atoms. The molecule has 0 bridgehead atoms. The van der Waals surface area contributed by atoms with Gasteiger partial charge < -0.3 is 36.0 Å². The number of ether oxygens (including phenoxy) is 1. The fraction of sp³-hybridized carbons (Fsp3) is 0.450. The summed E-state index contributed by atoms with van der Waals surface area (Å²) in [4.78, 5) is 56.7. The minimum absolute atomic E-state index is 0.0546. The third-order valence-corrected chi connectivity index (χ3v) is 12.6. The first kappa shape index (κ1) is 39.7. The average Bonchev–Trinajstić information content (AvgIpc) is 4.01. The van der Waals surface area contributed by atoms with Gasteiger partial charge in [-0.3, -0.25) is 9.79 Å². The van der Waals surface area contributed by atoms with Gasteiger partial charge in [0.15, 0.2) is 5.96 Å². The Morgan fingerprint density at radius 2 is 1.31 bits per heavy atom. The SMILES string of the molecule is COC(=O)NC(CN=C(N)N1CCCC1c1ncc(-c2ccc(-c3ccc(-c4cnc(C5CCCN5C(=O)C(NC(=O)O)C(C)C)s4)cc3)cc2)s1)C(C)C. The zero-order chi connectivity index (χ0) is 39.2. The molecule has 2 aromatic heterocycles. The maximum absolute atomic E-state index is 13.4. The average molecular weight is 787 g/mol. The molecule has 15 heteroatoms. The minimum atomic E-state index is -1.20. The first-order valence-corrected chi connectivity index (χ1v) is 20.4. The second kappa shape index (κ2) is 17.6. The van der Waals surface area contributed by atoms with Gasteiger partial charge in [-0.2, -0.15) is 0 Å². The molecule has 2 fully saturated rings. The van der Waals surface area contributed by atoms with Crippen LogP contribution in [0.25, 0.3) is 32.0 Å². The summed E-state index contributed by atoms with van der Waals surface area (Å²) in [7, 11) is 1.35. The molecule has 2 aliphatic rings. The molecule has 4 aromatic rings. The van der Waals surface area contributed by atoms with Gasteiger partial charge in [-0.05, 0) is 59.8 Å². The molecule has 0 aliphatic carbocycles. The first-order valence-electron chi connectivity index (χ1n) is 18.8. The Morgan fingerprint density at radius 1 is 0.818 bits per heavy atom. The van der Waals surface area contributed by atoms with Crippen LogP contribution >= 0.6 is 22.7 Å².